The van der Waals surface area contributed by atoms with Gasteiger partial charge in [0.2, 0.25) is 5.91 Å². The average Bonchev–Trinajstić information content (AvgIpc) is 2.25. The maximum atomic E-state index is 11.7. The number of hydrogen-bond acceptors (Lipinski definition) is 2. The van der Waals surface area contributed by atoms with Crippen molar-refractivity contribution in [1.29, 1.82) is 0 Å². The van der Waals surface area contributed by atoms with Crippen LogP contribution in [-0.2, 0) is 4.79 Å². The maximum absolute atomic E-state index is 11.7. The van der Waals surface area contributed by atoms with Crippen LogP contribution >= 0.6 is 0 Å². The highest BCUT2D eigenvalue weighted by Gasteiger charge is 2.27. The maximum Gasteiger partial charge on any atom is 0.220 e. The first-order chi connectivity index (χ1) is 7.66. The number of unbranched alkanes of at least 4 members (excludes halogenated alkanes) is 2. The average molecular weight is 226 g/mol. The molecule has 16 heavy (non-hydrogen) atoms. The van der Waals surface area contributed by atoms with Crippen molar-refractivity contribution in [1.82, 2.24) is 5.32 Å². The fourth-order valence-corrected chi connectivity index (χ4v) is 2.46. The Morgan fingerprint density at radius 1 is 1.19 bits per heavy atom. The third kappa shape index (κ3) is 4.97. The van der Waals surface area contributed by atoms with Gasteiger partial charge in [-0.3, -0.25) is 4.79 Å². The lowest BCUT2D eigenvalue weighted by atomic mass is 9.83. The lowest BCUT2D eigenvalue weighted by molar-refractivity contribution is -0.123. The Bertz CT molecular complexity index is 210. The number of nitrogens with two attached hydrogens (primary N) is 1. The SMILES string of the molecule is CC1(NC(=O)CCCCCN)CCCCC1. The van der Waals surface area contributed by atoms with E-state index >= 15 is 0 Å². The summed E-state index contributed by atoms with van der Waals surface area (Å²) < 4.78 is 0. The normalized spacial score (nSPS) is 19.4. The van der Waals surface area contributed by atoms with Gasteiger partial charge in [-0.2, -0.15) is 0 Å². The van der Waals surface area contributed by atoms with Crippen LogP contribution in [0.3, 0.4) is 0 Å². The van der Waals surface area contributed by atoms with Gasteiger partial charge in [-0.1, -0.05) is 25.7 Å². The fraction of sp³-hybridized carbons (Fsp3) is 0.923. The highest BCUT2D eigenvalue weighted by Crippen LogP contribution is 2.27. The highest BCUT2D eigenvalue weighted by molar-refractivity contribution is 5.76. The zero-order chi connectivity index (χ0) is 11.9. The summed E-state index contributed by atoms with van der Waals surface area (Å²) in [5, 5.41) is 3.20. The number of carbonyl (C=O) groups is 1. The summed E-state index contributed by atoms with van der Waals surface area (Å²) in [4.78, 5) is 11.7. The minimum Gasteiger partial charge on any atom is -0.351 e. The van der Waals surface area contributed by atoms with Crippen molar-refractivity contribution < 1.29 is 4.79 Å². The summed E-state index contributed by atoms with van der Waals surface area (Å²) in [6, 6.07) is 0. The summed E-state index contributed by atoms with van der Waals surface area (Å²) in [7, 11) is 0. The summed E-state index contributed by atoms with van der Waals surface area (Å²) in [6.45, 7) is 2.92. The molecular weight excluding hydrogens is 200 g/mol. The molecule has 3 N–H and O–H groups in total. The van der Waals surface area contributed by atoms with E-state index in [2.05, 4.69) is 12.2 Å². The van der Waals surface area contributed by atoms with E-state index in [9.17, 15) is 4.79 Å². The second-order valence-electron chi connectivity index (χ2n) is 5.27. The monoisotopic (exact) mass is 226 g/mol. The van der Waals surface area contributed by atoms with Crippen molar-refractivity contribution in [3.05, 3.63) is 0 Å². The lowest BCUT2D eigenvalue weighted by Gasteiger charge is -2.34. The van der Waals surface area contributed by atoms with Gasteiger partial charge in [0, 0.05) is 12.0 Å². The van der Waals surface area contributed by atoms with Crippen LogP contribution in [0.1, 0.15) is 64.7 Å². The molecule has 3 heteroatoms. The van der Waals surface area contributed by atoms with Crippen molar-refractivity contribution in [2.45, 2.75) is 70.3 Å². The molecule has 1 fully saturated rings. The van der Waals surface area contributed by atoms with Crippen LogP contribution in [0.15, 0.2) is 0 Å². The molecule has 0 radical (unpaired) electrons. The summed E-state index contributed by atoms with van der Waals surface area (Å²) in [6.07, 6.45) is 9.85. The van der Waals surface area contributed by atoms with Crippen molar-refractivity contribution >= 4 is 5.91 Å². The van der Waals surface area contributed by atoms with Crippen LogP contribution < -0.4 is 11.1 Å². The molecule has 1 aliphatic carbocycles. The standard InChI is InChI=1S/C13H26N2O/c1-13(9-5-3-6-10-13)15-12(16)8-4-2-7-11-14/h2-11,14H2,1H3,(H,15,16). The largest absolute Gasteiger partial charge is 0.351 e. The number of hydrogen-bond donors (Lipinski definition) is 2. The van der Waals surface area contributed by atoms with Gasteiger partial charge in [-0.25, -0.2) is 0 Å². The van der Waals surface area contributed by atoms with Crippen LogP contribution in [0, 0.1) is 0 Å². The smallest absolute Gasteiger partial charge is 0.220 e. The van der Waals surface area contributed by atoms with E-state index in [0.29, 0.717) is 6.42 Å². The minimum atomic E-state index is 0.0726. The molecule has 0 aromatic rings. The predicted molar refractivity (Wildman–Crippen MR) is 67.2 cm³/mol. The first-order valence-electron chi connectivity index (χ1n) is 6.67. The Balaban J connectivity index is 2.17. The lowest BCUT2D eigenvalue weighted by Crippen LogP contribution is -2.47. The van der Waals surface area contributed by atoms with Gasteiger partial charge in [0.1, 0.15) is 0 Å². The van der Waals surface area contributed by atoms with Crippen LogP contribution in [0.4, 0.5) is 0 Å². The predicted octanol–water partition coefficient (Wildman–Crippen LogP) is 2.34. The Labute approximate surface area is 99.2 Å². The van der Waals surface area contributed by atoms with Crippen LogP contribution in [-0.4, -0.2) is 18.0 Å². The van der Waals surface area contributed by atoms with Gasteiger partial charge < -0.3 is 11.1 Å². The third-order valence-electron chi connectivity index (χ3n) is 3.51. The highest BCUT2D eigenvalue weighted by atomic mass is 16.1. The molecule has 3 nitrogen and oxygen atoms in total. The van der Waals surface area contributed by atoms with Crippen molar-refractivity contribution in [2.75, 3.05) is 6.54 Å². The van der Waals surface area contributed by atoms with Crippen molar-refractivity contribution in [2.24, 2.45) is 5.73 Å². The van der Waals surface area contributed by atoms with Gasteiger partial charge in [-0.15, -0.1) is 0 Å². The second kappa shape index (κ2) is 6.89. The van der Waals surface area contributed by atoms with E-state index in [1.807, 2.05) is 0 Å². The molecule has 1 aliphatic rings. The molecule has 0 heterocycles. The molecule has 0 spiro atoms. The molecule has 1 rings (SSSR count). The molecule has 0 aliphatic heterocycles. The first-order valence-corrected chi connectivity index (χ1v) is 6.67. The van der Waals surface area contributed by atoms with Gasteiger partial charge in [-0.05, 0) is 39.2 Å². The van der Waals surface area contributed by atoms with E-state index in [0.717, 1.165) is 38.6 Å². The molecule has 0 aromatic carbocycles. The van der Waals surface area contributed by atoms with Crippen LogP contribution in [0.5, 0.6) is 0 Å². The van der Waals surface area contributed by atoms with Gasteiger partial charge in [0.15, 0.2) is 0 Å². The van der Waals surface area contributed by atoms with Crippen LogP contribution in [0.2, 0.25) is 0 Å². The number of amides is 1. The number of nitrogens with one attached hydrogen (secondary N) is 1. The number of carbonyl (C=O) groups excluding carboxylic acids is 1. The molecule has 0 saturated heterocycles. The Hall–Kier alpha value is -0.570. The van der Waals surface area contributed by atoms with E-state index in [1.54, 1.807) is 0 Å². The van der Waals surface area contributed by atoms with Gasteiger partial charge in [0.05, 0.1) is 0 Å². The minimum absolute atomic E-state index is 0.0726. The Morgan fingerprint density at radius 3 is 2.50 bits per heavy atom. The van der Waals surface area contributed by atoms with E-state index in [4.69, 9.17) is 5.73 Å². The van der Waals surface area contributed by atoms with Crippen LogP contribution in [0.25, 0.3) is 0 Å². The van der Waals surface area contributed by atoms with E-state index < -0.39 is 0 Å². The zero-order valence-electron chi connectivity index (χ0n) is 10.6. The topological polar surface area (TPSA) is 55.1 Å². The number of rotatable bonds is 6. The molecule has 1 amide bonds. The zero-order valence-corrected chi connectivity index (χ0v) is 10.6. The van der Waals surface area contributed by atoms with Gasteiger partial charge in [0.25, 0.3) is 0 Å². The summed E-state index contributed by atoms with van der Waals surface area (Å²) in [5.74, 6) is 0.224. The fourth-order valence-electron chi connectivity index (χ4n) is 2.46. The van der Waals surface area contributed by atoms with Crippen molar-refractivity contribution in [3.8, 4) is 0 Å². The second-order valence-corrected chi connectivity index (χ2v) is 5.27. The summed E-state index contributed by atoms with van der Waals surface area (Å²) in [5.41, 5.74) is 5.49. The molecule has 0 unspecified atom stereocenters. The Kier molecular flexibility index (Phi) is 5.81. The van der Waals surface area contributed by atoms with E-state index in [1.165, 1.54) is 19.3 Å². The van der Waals surface area contributed by atoms with Gasteiger partial charge >= 0.3 is 0 Å². The molecule has 0 bridgehead atoms. The third-order valence-corrected chi connectivity index (χ3v) is 3.51. The molecule has 1 saturated carbocycles. The van der Waals surface area contributed by atoms with Crippen molar-refractivity contribution in [3.63, 3.8) is 0 Å². The Morgan fingerprint density at radius 2 is 1.88 bits per heavy atom. The molecule has 94 valence electrons. The molecule has 0 atom stereocenters. The first kappa shape index (κ1) is 13.5. The molecular formula is C13H26N2O. The summed E-state index contributed by atoms with van der Waals surface area (Å²) >= 11 is 0. The molecule has 0 aromatic heterocycles. The quantitative estimate of drug-likeness (QED) is 0.683. The van der Waals surface area contributed by atoms with E-state index in [-0.39, 0.29) is 11.4 Å².